The lowest BCUT2D eigenvalue weighted by molar-refractivity contribution is -0.142. The Morgan fingerprint density at radius 3 is 2.52 bits per heavy atom. The van der Waals surface area contributed by atoms with Gasteiger partial charge in [0.2, 0.25) is 0 Å². The van der Waals surface area contributed by atoms with Gasteiger partial charge < -0.3 is 14.5 Å². The molecule has 2 aromatic heterocycles. The van der Waals surface area contributed by atoms with Crippen molar-refractivity contribution in [1.82, 2.24) is 15.0 Å². The van der Waals surface area contributed by atoms with E-state index in [4.69, 9.17) is 9.47 Å². The van der Waals surface area contributed by atoms with Crippen LogP contribution in [0, 0.1) is 0 Å². The van der Waals surface area contributed by atoms with Gasteiger partial charge in [0.25, 0.3) is 0 Å². The van der Waals surface area contributed by atoms with Crippen molar-refractivity contribution >= 4 is 17.1 Å². The van der Waals surface area contributed by atoms with Crippen molar-refractivity contribution in [2.75, 3.05) is 6.61 Å². The molecule has 0 aliphatic heterocycles. The van der Waals surface area contributed by atoms with Gasteiger partial charge in [0, 0.05) is 5.56 Å². The van der Waals surface area contributed by atoms with Gasteiger partial charge in [-0.3, -0.25) is 4.79 Å². The maximum absolute atomic E-state index is 11.7. The number of imidazole rings is 1. The van der Waals surface area contributed by atoms with E-state index in [-0.39, 0.29) is 12.4 Å². The normalized spacial score (nSPS) is 10.8. The second-order valence-corrected chi connectivity index (χ2v) is 6.54. The number of esters is 1. The molecule has 2 aromatic carbocycles. The lowest BCUT2D eigenvalue weighted by Crippen LogP contribution is -2.08. The van der Waals surface area contributed by atoms with Gasteiger partial charge in [0.1, 0.15) is 18.2 Å². The smallest absolute Gasteiger partial charge is 0.311 e. The van der Waals surface area contributed by atoms with Crippen LogP contribution in [-0.2, 0) is 22.6 Å². The van der Waals surface area contributed by atoms with Crippen LogP contribution in [0.15, 0.2) is 66.7 Å². The molecule has 0 saturated heterocycles. The minimum atomic E-state index is -0.289. The second-order valence-electron chi connectivity index (χ2n) is 6.54. The molecule has 4 rings (SSSR count). The minimum Gasteiger partial charge on any atom is -0.489 e. The van der Waals surface area contributed by atoms with E-state index >= 15 is 0 Å². The van der Waals surface area contributed by atoms with E-state index in [9.17, 15) is 4.79 Å². The van der Waals surface area contributed by atoms with Crippen LogP contribution in [0.1, 0.15) is 18.2 Å². The van der Waals surface area contributed by atoms with Crippen molar-refractivity contribution < 1.29 is 14.3 Å². The molecule has 0 fully saturated rings. The first-order chi connectivity index (χ1) is 14.2. The van der Waals surface area contributed by atoms with Crippen molar-refractivity contribution in [1.29, 1.82) is 0 Å². The number of benzene rings is 2. The van der Waals surface area contributed by atoms with Crippen molar-refractivity contribution in [3.63, 3.8) is 0 Å². The Bertz CT molecular complexity index is 1110. The molecule has 0 amide bonds. The number of nitrogens with one attached hydrogen (secondary N) is 1. The van der Waals surface area contributed by atoms with E-state index in [1.54, 1.807) is 6.92 Å². The number of hydrogen-bond donors (Lipinski definition) is 1. The summed E-state index contributed by atoms with van der Waals surface area (Å²) in [5.41, 5.74) is 4.08. The highest BCUT2D eigenvalue weighted by atomic mass is 16.5. The quantitative estimate of drug-likeness (QED) is 0.478. The Balaban J connectivity index is 1.46. The van der Waals surface area contributed by atoms with Crippen LogP contribution in [0.5, 0.6) is 5.75 Å². The Morgan fingerprint density at radius 1 is 0.966 bits per heavy atom. The SMILES string of the molecule is CCOC(=O)Cc1ccc2[nH]c(-c3ccc(COc4ccccc4)cc3)nc2n1. The predicted octanol–water partition coefficient (Wildman–Crippen LogP) is 4.31. The number of ether oxygens (including phenoxy) is 2. The topological polar surface area (TPSA) is 77.1 Å². The molecule has 0 spiro atoms. The standard InChI is InChI=1S/C23H21N3O3/c1-2-28-21(27)14-18-12-13-20-23(24-18)26-22(25-20)17-10-8-16(9-11-17)15-29-19-6-4-3-5-7-19/h3-13H,2,14-15H2,1H3,(H,24,25,26). The first-order valence-electron chi connectivity index (χ1n) is 9.49. The molecule has 0 aliphatic rings. The molecule has 0 bridgehead atoms. The van der Waals surface area contributed by atoms with E-state index in [0.29, 0.717) is 24.6 Å². The Morgan fingerprint density at radius 2 is 1.76 bits per heavy atom. The number of nitrogens with zero attached hydrogens (tertiary/aromatic N) is 2. The van der Waals surface area contributed by atoms with Crippen LogP contribution in [0.3, 0.4) is 0 Å². The zero-order valence-corrected chi connectivity index (χ0v) is 16.1. The van der Waals surface area contributed by atoms with Crippen LogP contribution in [0.25, 0.3) is 22.6 Å². The summed E-state index contributed by atoms with van der Waals surface area (Å²) in [6, 6.07) is 21.5. The fourth-order valence-electron chi connectivity index (χ4n) is 2.97. The third kappa shape index (κ3) is 4.60. The second kappa shape index (κ2) is 8.56. The van der Waals surface area contributed by atoms with Crippen LogP contribution < -0.4 is 4.74 Å². The molecule has 29 heavy (non-hydrogen) atoms. The van der Waals surface area contributed by atoms with Crippen molar-refractivity contribution in [3.05, 3.63) is 78.0 Å². The number of aromatic amines is 1. The number of carbonyl (C=O) groups is 1. The molecule has 4 aromatic rings. The number of aromatic nitrogens is 3. The number of pyridine rings is 1. The van der Waals surface area contributed by atoms with Gasteiger partial charge in [0.15, 0.2) is 5.65 Å². The van der Waals surface area contributed by atoms with Crippen LogP contribution in [-0.4, -0.2) is 27.5 Å². The number of carbonyl (C=O) groups excluding carboxylic acids is 1. The highest BCUT2D eigenvalue weighted by molar-refractivity contribution is 5.77. The lowest BCUT2D eigenvalue weighted by Gasteiger charge is -2.06. The average molecular weight is 387 g/mol. The van der Waals surface area contributed by atoms with Gasteiger partial charge in [-0.25, -0.2) is 9.97 Å². The number of H-pyrrole nitrogens is 1. The molecular formula is C23H21N3O3. The molecule has 146 valence electrons. The average Bonchev–Trinajstić information content (AvgIpc) is 3.17. The third-order valence-electron chi connectivity index (χ3n) is 4.41. The molecule has 0 atom stereocenters. The van der Waals surface area contributed by atoms with Gasteiger partial charge in [0.05, 0.1) is 24.2 Å². The maximum Gasteiger partial charge on any atom is 0.311 e. The largest absolute Gasteiger partial charge is 0.489 e. The Hall–Kier alpha value is -3.67. The van der Waals surface area contributed by atoms with Gasteiger partial charge in [-0.1, -0.05) is 42.5 Å². The predicted molar refractivity (Wildman–Crippen MR) is 110 cm³/mol. The van der Waals surface area contributed by atoms with E-state index in [1.165, 1.54) is 0 Å². The lowest BCUT2D eigenvalue weighted by atomic mass is 10.1. The summed E-state index contributed by atoms with van der Waals surface area (Å²) in [5, 5.41) is 0. The molecule has 0 saturated carbocycles. The third-order valence-corrected chi connectivity index (χ3v) is 4.41. The highest BCUT2D eigenvalue weighted by Crippen LogP contribution is 2.21. The van der Waals surface area contributed by atoms with Crippen LogP contribution in [0.4, 0.5) is 0 Å². The summed E-state index contributed by atoms with van der Waals surface area (Å²) >= 11 is 0. The maximum atomic E-state index is 11.7. The van der Waals surface area contributed by atoms with Crippen LogP contribution in [0.2, 0.25) is 0 Å². The van der Waals surface area contributed by atoms with Crippen molar-refractivity contribution in [2.45, 2.75) is 20.0 Å². The van der Waals surface area contributed by atoms with E-state index in [0.717, 1.165) is 28.2 Å². The molecule has 0 radical (unpaired) electrons. The first kappa shape index (κ1) is 18.7. The zero-order chi connectivity index (χ0) is 20.1. The molecule has 1 N–H and O–H groups in total. The molecular weight excluding hydrogens is 366 g/mol. The fraction of sp³-hybridized carbons (Fsp3) is 0.174. The molecule has 2 heterocycles. The summed E-state index contributed by atoms with van der Waals surface area (Å²) in [6.45, 7) is 2.65. The monoisotopic (exact) mass is 387 g/mol. The molecule has 6 heteroatoms. The first-order valence-corrected chi connectivity index (χ1v) is 9.49. The molecule has 6 nitrogen and oxygen atoms in total. The van der Waals surface area contributed by atoms with E-state index < -0.39 is 0 Å². The van der Waals surface area contributed by atoms with Gasteiger partial charge >= 0.3 is 5.97 Å². The number of hydrogen-bond acceptors (Lipinski definition) is 5. The van der Waals surface area contributed by atoms with Crippen molar-refractivity contribution in [3.8, 4) is 17.1 Å². The summed E-state index contributed by atoms with van der Waals surface area (Å²) in [5.74, 6) is 1.29. The Labute approximate surface area is 168 Å². The zero-order valence-electron chi connectivity index (χ0n) is 16.1. The van der Waals surface area contributed by atoms with Gasteiger partial charge in [-0.2, -0.15) is 0 Å². The van der Waals surface area contributed by atoms with Gasteiger partial charge in [-0.05, 0) is 36.8 Å². The summed E-state index contributed by atoms with van der Waals surface area (Å²) in [4.78, 5) is 24.0. The Kier molecular flexibility index (Phi) is 5.52. The van der Waals surface area contributed by atoms with Crippen molar-refractivity contribution in [2.24, 2.45) is 0 Å². The van der Waals surface area contributed by atoms with Gasteiger partial charge in [-0.15, -0.1) is 0 Å². The fourth-order valence-corrected chi connectivity index (χ4v) is 2.97. The van der Waals surface area contributed by atoms with E-state index in [1.807, 2.05) is 66.7 Å². The summed E-state index contributed by atoms with van der Waals surface area (Å²) in [7, 11) is 0. The number of rotatable bonds is 7. The number of fused-ring (bicyclic) bond motifs is 1. The summed E-state index contributed by atoms with van der Waals surface area (Å²) < 4.78 is 10.8. The summed E-state index contributed by atoms with van der Waals surface area (Å²) in [6.07, 6.45) is 0.141. The number of para-hydroxylation sites is 1. The highest BCUT2D eigenvalue weighted by Gasteiger charge is 2.10. The van der Waals surface area contributed by atoms with E-state index in [2.05, 4.69) is 15.0 Å². The van der Waals surface area contributed by atoms with Crippen LogP contribution >= 0.6 is 0 Å². The molecule has 0 unspecified atom stereocenters. The minimum absolute atomic E-state index is 0.141. The molecule has 0 aliphatic carbocycles.